The number of nitrogens with two attached hydrogens (primary N) is 1. The second-order valence-corrected chi connectivity index (χ2v) is 5.90. The molecule has 0 bridgehead atoms. The maximum atomic E-state index is 6.03. The number of aliphatic imine (C=N–C) groups is 1. The normalized spacial score (nSPS) is 13.3. The molecule has 0 radical (unpaired) electrons. The Kier molecular flexibility index (Phi) is 7.67. The van der Waals surface area contributed by atoms with E-state index in [1.807, 2.05) is 0 Å². The van der Waals surface area contributed by atoms with Crippen LogP contribution in [0.5, 0.6) is 0 Å². The van der Waals surface area contributed by atoms with E-state index in [2.05, 4.69) is 70.9 Å². The van der Waals surface area contributed by atoms with Gasteiger partial charge in [0.1, 0.15) is 0 Å². The van der Waals surface area contributed by atoms with Gasteiger partial charge in [0.15, 0.2) is 5.96 Å². The van der Waals surface area contributed by atoms with Gasteiger partial charge in [0.25, 0.3) is 0 Å². The van der Waals surface area contributed by atoms with E-state index in [1.165, 1.54) is 5.56 Å². The molecule has 0 amide bonds. The number of guanidine groups is 1. The minimum absolute atomic E-state index is 0.540. The average Bonchev–Trinajstić information content (AvgIpc) is 2.44. The van der Waals surface area contributed by atoms with Gasteiger partial charge in [0.05, 0.1) is 0 Å². The summed E-state index contributed by atoms with van der Waals surface area (Å²) in [6, 6.07) is 8.49. The van der Waals surface area contributed by atoms with Gasteiger partial charge in [-0.1, -0.05) is 41.4 Å². The van der Waals surface area contributed by atoms with Gasteiger partial charge in [-0.05, 0) is 43.9 Å². The van der Waals surface area contributed by atoms with Crippen molar-refractivity contribution >= 4 is 21.9 Å². The number of benzene rings is 1. The first-order valence-corrected chi connectivity index (χ1v) is 8.19. The van der Waals surface area contributed by atoms with Crippen molar-refractivity contribution in [2.45, 2.75) is 33.6 Å². The third-order valence-corrected chi connectivity index (χ3v) is 4.08. The fraction of sp³-hybridized carbons (Fsp3) is 0.562. The van der Waals surface area contributed by atoms with E-state index in [-0.39, 0.29) is 0 Å². The first-order valence-electron chi connectivity index (χ1n) is 7.39. The van der Waals surface area contributed by atoms with Crippen LogP contribution in [0.15, 0.2) is 33.7 Å². The Hall–Kier alpha value is -1.03. The molecule has 3 nitrogen and oxygen atoms in total. The standard InChI is InChI=1S/C16H26BrN3/c1-4-13(10-14-8-7-9-15(17)11-14)12-19-16(18)20(5-2)6-3/h7-9,11,13H,4-6,10,12H2,1-3H3,(H2,18,19). The lowest BCUT2D eigenvalue weighted by atomic mass is 9.97. The van der Waals surface area contributed by atoms with Crippen molar-refractivity contribution in [1.82, 2.24) is 4.90 Å². The van der Waals surface area contributed by atoms with Crippen molar-refractivity contribution in [3.8, 4) is 0 Å². The molecular weight excluding hydrogens is 314 g/mol. The number of halogens is 1. The fourth-order valence-electron chi connectivity index (χ4n) is 2.21. The number of nitrogens with zero attached hydrogens (tertiary/aromatic N) is 2. The van der Waals surface area contributed by atoms with Gasteiger partial charge < -0.3 is 10.6 Å². The molecule has 0 saturated carbocycles. The lowest BCUT2D eigenvalue weighted by Gasteiger charge is -2.20. The SMILES string of the molecule is CCC(CN=C(N)N(CC)CC)Cc1cccc(Br)c1. The molecule has 0 heterocycles. The summed E-state index contributed by atoms with van der Waals surface area (Å²) >= 11 is 3.52. The molecule has 20 heavy (non-hydrogen) atoms. The average molecular weight is 340 g/mol. The molecule has 1 atom stereocenters. The van der Waals surface area contributed by atoms with E-state index in [1.54, 1.807) is 0 Å². The van der Waals surface area contributed by atoms with E-state index < -0.39 is 0 Å². The fourth-order valence-corrected chi connectivity index (χ4v) is 2.65. The van der Waals surface area contributed by atoms with Crippen molar-refractivity contribution in [2.24, 2.45) is 16.6 Å². The van der Waals surface area contributed by atoms with Gasteiger partial charge >= 0.3 is 0 Å². The molecule has 0 aliphatic carbocycles. The Morgan fingerprint density at radius 3 is 2.55 bits per heavy atom. The van der Waals surface area contributed by atoms with Crippen molar-refractivity contribution in [2.75, 3.05) is 19.6 Å². The van der Waals surface area contributed by atoms with Crippen molar-refractivity contribution in [3.05, 3.63) is 34.3 Å². The Morgan fingerprint density at radius 1 is 1.30 bits per heavy atom. The van der Waals surface area contributed by atoms with Gasteiger partial charge in [-0.2, -0.15) is 0 Å². The van der Waals surface area contributed by atoms with E-state index >= 15 is 0 Å². The third-order valence-electron chi connectivity index (χ3n) is 3.59. The molecule has 0 spiro atoms. The molecule has 4 heteroatoms. The maximum absolute atomic E-state index is 6.03. The smallest absolute Gasteiger partial charge is 0.191 e. The van der Waals surface area contributed by atoms with Gasteiger partial charge in [-0.25, -0.2) is 0 Å². The van der Waals surface area contributed by atoms with Crippen LogP contribution in [0.1, 0.15) is 32.8 Å². The molecule has 1 aromatic carbocycles. The Bertz CT molecular complexity index is 427. The summed E-state index contributed by atoms with van der Waals surface area (Å²) in [5, 5.41) is 0. The van der Waals surface area contributed by atoms with Crippen LogP contribution in [-0.2, 0) is 6.42 Å². The zero-order valence-electron chi connectivity index (χ0n) is 12.8. The van der Waals surface area contributed by atoms with E-state index in [0.717, 1.165) is 36.9 Å². The summed E-state index contributed by atoms with van der Waals surface area (Å²) in [6.45, 7) is 9.04. The molecule has 1 aromatic rings. The van der Waals surface area contributed by atoms with E-state index in [0.29, 0.717) is 11.9 Å². The third kappa shape index (κ3) is 5.53. The molecule has 0 aromatic heterocycles. The van der Waals surface area contributed by atoms with Crippen LogP contribution in [0.2, 0.25) is 0 Å². The van der Waals surface area contributed by atoms with Gasteiger partial charge in [-0.3, -0.25) is 4.99 Å². The molecule has 0 fully saturated rings. The Balaban J connectivity index is 2.61. The quantitative estimate of drug-likeness (QED) is 0.608. The minimum Gasteiger partial charge on any atom is -0.370 e. The molecule has 112 valence electrons. The van der Waals surface area contributed by atoms with Crippen LogP contribution < -0.4 is 5.73 Å². The highest BCUT2D eigenvalue weighted by atomic mass is 79.9. The first kappa shape index (κ1) is 17.0. The first-order chi connectivity index (χ1) is 9.60. The summed E-state index contributed by atoms with van der Waals surface area (Å²) in [7, 11) is 0. The van der Waals surface area contributed by atoms with Crippen molar-refractivity contribution in [1.29, 1.82) is 0 Å². The van der Waals surface area contributed by atoms with Crippen molar-refractivity contribution < 1.29 is 0 Å². The van der Waals surface area contributed by atoms with E-state index in [9.17, 15) is 0 Å². The summed E-state index contributed by atoms with van der Waals surface area (Å²) in [4.78, 5) is 6.65. The maximum Gasteiger partial charge on any atom is 0.191 e. The minimum atomic E-state index is 0.540. The predicted molar refractivity (Wildman–Crippen MR) is 91.0 cm³/mol. The van der Waals surface area contributed by atoms with Crippen LogP contribution >= 0.6 is 15.9 Å². The lowest BCUT2D eigenvalue weighted by molar-refractivity contribution is 0.450. The highest BCUT2D eigenvalue weighted by molar-refractivity contribution is 9.10. The largest absolute Gasteiger partial charge is 0.370 e. The highest BCUT2D eigenvalue weighted by Crippen LogP contribution is 2.17. The molecule has 1 rings (SSSR count). The summed E-state index contributed by atoms with van der Waals surface area (Å²) in [5.74, 6) is 1.21. The predicted octanol–water partition coefficient (Wildman–Crippen LogP) is 3.67. The van der Waals surface area contributed by atoms with Gasteiger partial charge in [0, 0.05) is 24.1 Å². The zero-order chi connectivity index (χ0) is 15.0. The lowest BCUT2D eigenvalue weighted by Crippen LogP contribution is -2.37. The molecule has 2 N–H and O–H groups in total. The summed E-state index contributed by atoms with van der Waals surface area (Å²) < 4.78 is 1.14. The number of hydrogen-bond donors (Lipinski definition) is 1. The molecule has 0 saturated heterocycles. The van der Waals surface area contributed by atoms with Crippen LogP contribution in [0.25, 0.3) is 0 Å². The molecule has 1 unspecified atom stereocenters. The van der Waals surface area contributed by atoms with Gasteiger partial charge in [0.2, 0.25) is 0 Å². The second-order valence-electron chi connectivity index (χ2n) is 4.98. The summed E-state index contributed by atoms with van der Waals surface area (Å²) in [6.07, 6.45) is 2.16. The molecule has 0 aliphatic rings. The Morgan fingerprint density at radius 2 is 2.00 bits per heavy atom. The zero-order valence-corrected chi connectivity index (χ0v) is 14.4. The number of rotatable bonds is 7. The van der Waals surface area contributed by atoms with Crippen LogP contribution in [0, 0.1) is 5.92 Å². The highest BCUT2D eigenvalue weighted by Gasteiger charge is 2.09. The topological polar surface area (TPSA) is 41.6 Å². The van der Waals surface area contributed by atoms with E-state index in [4.69, 9.17) is 5.73 Å². The van der Waals surface area contributed by atoms with Gasteiger partial charge in [-0.15, -0.1) is 0 Å². The second kappa shape index (κ2) is 9.01. The molecular formula is C16H26BrN3. The Labute approximate surface area is 131 Å². The molecule has 0 aliphatic heterocycles. The summed E-state index contributed by atoms with van der Waals surface area (Å²) in [5.41, 5.74) is 7.38. The van der Waals surface area contributed by atoms with Crippen LogP contribution in [-0.4, -0.2) is 30.5 Å². The van der Waals surface area contributed by atoms with Crippen molar-refractivity contribution in [3.63, 3.8) is 0 Å². The monoisotopic (exact) mass is 339 g/mol. The van der Waals surface area contributed by atoms with Crippen LogP contribution in [0.4, 0.5) is 0 Å². The number of hydrogen-bond acceptors (Lipinski definition) is 1. The van der Waals surface area contributed by atoms with Crippen LogP contribution in [0.3, 0.4) is 0 Å².